The van der Waals surface area contributed by atoms with E-state index in [1.165, 1.54) is 17.7 Å². The zero-order valence-electron chi connectivity index (χ0n) is 21.9. The van der Waals surface area contributed by atoms with Crippen molar-refractivity contribution in [2.75, 3.05) is 0 Å². The van der Waals surface area contributed by atoms with Crippen LogP contribution < -0.4 is 4.74 Å². The van der Waals surface area contributed by atoms with E-state index >= 15 is 4.39 Å². The zero-order valence-corrected chi connectivity index (χ0v) is 21.9. The number of hydrogen-bond donors (Lipinski definition) is 0. The van der Waals surface area contributed by atoms with E-state index in [4.69, 9.17) is 0 Å². The summed E-state index contributed by atoms with van der Waals surface area (Å²) in [7, 11) is 0. The van der Waals surface area contributed by atoms with Gasteiger partial charge < -0.3 is 4.74 Å². The number of halogens is 6. The van der Waals surface area contributed by atoms with Gasteiger partial charge in [-0.1, -0.05) is 62.4 Å². The number of hydrogen-bond acceptors (Lipinski definition) is 1. The average molecular weight is 553 g/mol. The molecule has 0 atom stereocenters. The average Bonchev–Trinajstić information content (AvgIpc) is 2.92. The zero-order chi connectivity index (χ0) is 28.9. The number of alkyl halides is 3. The summed E-state index contributed by atoms with van der Waals surface area (Å²) in [6.45, 7) is 4.15. The quantitative estimate of drug-likeness (QED) is 0.164. The Morgan fingerprint density at radius 3 is 1.93 bits per heavy atom. The molecule has 0 saturated heterocycles. The molecule has 0 bridgehead atoms. The third-order valence-corrected chi connectivity index (χ3v) is 6.43. The fourth-order valence-electron chi connectivity index (χ4n) is 4.32. The lowest BCUT2D eigenvalue weighted by molar-refractivity contribution is -0.276. The first-order chi connectivity index (χ1) is 19.1. The second-order valence-corrected chi connectivity index (χ2v) is 9.29. The van der Waals surface area contributed by atoms with E-state index in [9.17, 15) is 22.0 Å². The monoisotopic (exact) mass is 552 g/mol. The van der Waals surface area contributed by atoms with Gasteiger partial charge >= 0.3 is 6.36 Å². The van der Waals surface area contributed by atoms with Crippen LogP contribution in [0.5, 0.6) is 5.75 Å². The predicted octanol–water partition coefficient (Wildman–Crippen LogP) is 9.64. The second kappa shape index (κ2) is 12.3. The molecule has 0 spiro atoms. The molecule has 0 radical (unpaired) electrons. The Morgan fingerprint density at radius 1 is 0.700 bits per heavy atom. The first-order valence-electron chi connectivity index (χ1n) is 12.9. The molecule has 0 aliphatic heterocycles. The fraction of sp³-hybridized carbons (Fsp3) is 0.212. The Hall–Kier alpha value is -4.18. The summed E-state index contributed by atoms with van der Waals surface area (Å²) in [5, 5.41) is 0. The van der Waals surface area contributed by atoms with Gasteiger partial charge in [-0.15, -0.1) is 13.2 Å². The Labute approximate surface area is 229 Å². The van der Waals surface area contributed by atoms with Gasteiger partial charge in [0.1, 0.15) is 5.82 Å². The van der Waals surface area contributed by atoms with Crippen LogP contribution in [-0.2, 0) is 12.8 Å². The van der Waals surface area contributed by atoms with E-state index in [-0.39, 0.29) is 11.1 Å². The molecular formula is C33H26F6O. The maximum Gasteiger partial charge on any atom is 0.573 e. The van der Waals surface area contributed by atoms with Crippen molar-refractivity contribution < 1.29 is 31.1 Å². The maximum atomic E-state index is 15.0. The molecule has 4 aromatic carbocycles. The van der Waals surface area contributed by atoms with Crippen LogP contribution in [-0.4, -0.2) is 6.36 Å². The summed E-state index contributed by atoms with van der Waals surface area (Å²) < 4.78 is 84.0. The third-order valence-electron chi connectivity index (χ3n) is 6.43. The SMILES string of the molecule is CCCCc1ccc(C#Cc2ccc(-c3ccc(-c4cc(F)c(OC(F)(F)F)c(F)c4)c(F)c3)cc2CC)cc1. The lowest BCUT2D eigenvalue weighted by Crippen LogP contribution is -2.19. The minimum atomic E-state index is -5.27. The third kappa shape index (κ3) is 7.06. The Bertz CT molecular complexity index is 1540. The maximum absolute atomic E-state index is 15.0. The molecule has 7 heteroatoms. The smallest absolute Gasteiger partial charge is 0.399 e. The molecule has 0 N–H and O–H groups in total. The van der Waals surface area contributed by atoms with Crippen LogP contribution >= 0.6 is 0 Å². The standard InChI is InChI=1S/C33H26F6O/c1-3-5-6-21-7-9-22(10-8-21)11-12-24-13-14-25(17-23(24)4-2)26-15-16-28(29(34)18-26)27-19-30(35)32(31(36)20-27)40-33(37,38)39/h7-10,13-20H,3-6H2,1-2H3. The molecule has 0 heterocycles. The number of aryl methyl sites for hydroxylation is 2. The summed E-state index contributed by atoms with van der Waals surface area (Å²) in [6.07, 6.45) is -1.24. The number of benzene rings is 4. The van der Waals surface area contributed by atoms with Gasteiger partial charge in [0.25, 0.3) is 0 Å². The number of unbranched alkanes of at least 4 members (excludes halogenated alkanes) is 1. The van der Waals surface area contributed by atoms with Crippen molar-refractivity contribution in [2.24, 2.45) is 0 Å². The topological polar surface area (TPSA) is 9.23 Å². The molecule has 0 saturated carbocycles. The lowest BCUT2D eigenvalue weighted by atomic mass is 9.95. The molecule has 0 unspecified atom stereocenters. The summed E-state index contributed by atoms with van der Waals surface area (Å²) in [6, 6.07) is 19.1. The highest BCUT2D eigenvalue weighted by Gasteiger charge is 2.34. The number of rotatable bonds is 7. The fourth-order valence-corrected chi connectivity index (χ4v) is 4.32. The molecule has 0 aliphatic carbocycles. The molecule has 0 aliphatic rings. The first-order valence-corrected chi connectivity index (χ1v) is 12.9. The molecule has 206 valence electrons. The van der Waals surface area contributed by atoms with E-state index in [0.717, 1.165) is 41.5 Å². The van der Waals surface area contributed by atoms with Gasteiger partial charge in [0.2, 0.25) is 5.75 Å². The van der Waals surface area contributed by atoms with Crippen LogP contribution in [0.1, 0.15) is 48.9 Å². The second-order valence-electron chi connectivity index (χ2n) is 9.29. The molecular weight excluding hydrogens is 526 g/mol. The molecule has 4 rings (SSSR count). The molecule has 40 heavy (non-hydrogen) atoms. The van der Waals surface area contributed by atoms with Crippen LogP contribution in [0.15, 0.2) is 72.8 Å². The van der Waals surface area contributed by atoms with Gasteiger partial charge in [0.05, 0.1) is 0 Å². The predicted molar refractivity (Wildman–Crippen MR) is 144 cm³/mol. The number of ether oxygens (including phenoxy) is 1. The lowest BCUT2D eigenvalue weighted by Gasteiger charge is -2.13. The highest BCUT2D eigenvalue weighted by molar-refractivity contribution is 5.72. The van der Waals surface area contributed by atoms with Gasteiger partial charge in [-0.25, -0.2) is 13.2 Å². The van der Waals surface area contributed by atoms with Crippen molar-refractivity contribution in [1.82, 2.24) is 0 Å². The molecule has 1 nitrogen and oxygen atoms in total. The van der Waals surface area contributed by atoms with Gasteiger partial charge in [-0.05, 0) is 89.5 Å². The van der Waals surface area contributed by atoms with Crippen molar-refractivity contribution in [2.45, 2.75) is 45.9 Å². The summed E-state index contributed by atoms with van der Waals surface area (Å²) in [5.41, 5.74) is 4.84. The van der Waals surface area contributed by atoms with Crippen LogP contribution in [0.4, 0.5) is 26.3 Å². The summed E-state index contributed by atoms with van der Waals surface area (Å²) in [4.78, 5) is 0. The van der Waals surface area contributed by atoms with Crippen molar-refractivity contribution in [3.63, 3.8) is 0 Å². The van der Waals surface area contributed by atoms with Gasteiger partial charge in [0, 0.05) is 16.7 Å². The highest BCUT2D eigenvalue weighted by atomic mass is 19.4. The first kappa shape index (κ1) is 28.8. The minimum absolute atomic E-state index is 0.168. The van der Waals surface area contributed by atoms with E-state index in [1.54, 1.807) is 6.07 Å². The van der Waals surface area contributed by atoms with Gasteiger partial charge in [0.15, 0.2) is 11.6 Å². The molecule has 0 amide bonds. The van der Waals surface area contributed by atoms with Gasteiger partial charge in [-0.2, -0.15) is 0 Å². The van der Waals surface area contributed by atoms with E-state index in [1.807, 2.05) is 37.3 Å². The molecule has 0 aromatic heterocycles. The van der Waals surface area contributed by atoms with E-state index in [2.05, 4.69) is 35.6 Å². The summed E-state index contributed by atoms with van der Waals surface area (Å²) >= 11 is 0. The van der Waals surface area contributed by atoms with Crippen LogP contribution in [0.3, 0.4) is 0 Å². The van der Waals surface area contributed by atoms with Crippen molar-refractivity contribution in [3.8, 4) is 39.8 Å². The summed E-state index contributed by atoms with van der Waals surface area (Å²) in [5.74, 6) is 0.855. The largest absolute Gasteiger partial charge is 0.573 e. The van der Waals surface area contributed by atoms with Crippen LogP contribution in [0, 0.1) is 29.3 Å². The van der Waals surface area contributed by atoms with E-state index < -0.39 is 29.6 Å². The normalized spacial score (nSPS) is 11.2. The molecule has 4 aromatic rings. The van der Waals surface area contributed by atoms with Crippen LogP contribution in [0.2, 0.25) is 0 Å². The van der Waals surface area contributed by atoms with Crippen molar-refractivity contribution in [1.29, 1.82) is 0 Å². The Balaban J connectivity index is 1.57. The minimum Gasteiger partial charge on any atom is -0.399 e. The van der Waals surface area contributed by atoms with Crippen molar-refractivity contribution >= 4 is 0 Å². The molecule has 0 fully saturated rings. The highest BCUT2D eigenvalue weighted by Crippen LogP contribution is 2.35. The van der Waals surface area contributed by atoms with E-state index in [0.29, 0.717) is 24.1 Å². The Kier molecular flexibility index (Phi) is 8.89. The van der Waals surface area contributed by atoms with Gasteiger partial charge in [-0.3, -0.25) is 0 Å². The van der Waals surface area contributed by atoms with Crippen LogP contribution in [0.25, 0.3) is 22.3 Å². The van der Waals surface area contributed by atoms with Crippen molar-refractivity contribution in [3.05, 3.63) is 113 Å². The Morgan fingerprint density at radius 2 is 1.32 bits per heavy atom.